The summed E-state index contributed by atoms with van der Waals surface area (Å²) in [5.41, 5.74) is 2.68. The van der Waals surface area contributed by atoms with Crippen molar-refractivity contribution in [3.05, 3.63) is 29.3 Å². The predicted octanol–water partition coefficient (Wildman–Crippen LogP) is 3.06. The van der Waals surface area contributed by atoms with Crippen LogP contribution in [0.15, 0.2) is 18.2 Å². The summed E-state index contributed by atoms with van der Waals surface area (Å²) in [5, 5.41) is 18.1. The zero-order valence-corrected chi connectivity index (χ0v) is 16.8. The van der Waals surface area contributed by atoms with Gasteiger partial charge in [0, 0.05) is 6.54 Å². The molecule has 0 heterocycles. The Morgan fingerprint density at radius 1 is 1.07 bits per heavy atom. The Kier molecular flexibility index (Phi) is 13.8. The van der Waals surface area contributed by atoms with Gasteiger partial charge in [-0.3, -0.25) is 0 Å². The smallest absolute Gasteiger partial charge is 0.414 e. The minimum Gasteiger partial charge on any atom is -0.491 e. The van der Waals surface area contributed by atoms with Crippen molar-refractivity contribution < 1.29 is 29.3 Å². The third-order valence-corrected chi connectivity index (χ3v) is 3.67. The van der Waals surface area contributed by atoms with E-state index in [1.54, 1.807) is 0 Å². The second-order valence-corrected chi connectivity index (χ2v) is 6.35. The van der Waals surface area contributed by atoms with Crippen LogP contribution in [-0.4, -0.2) is 55.1 Å². The summed E-state index contributed by atoms with van der Waals surface area (Å²) >= 11 is 0. The lowest BCUT2D eigenvalue weighted by Crippen LogP contribution is -2.21. The number of hydrogen-bond donors (Lipinski definition) is 3. The van der Waals surface area contributed by atoms with Gasteiger partial charge < -0.3 is 25.0 Å². The van der Waals surface area contributed by atoms with E-state index in [9.17, 15) is 0 Å². The van der Waals surface area contributed by atoms with Crippen LogP contribution in [0.3, 0.4) is 0 Å². The number of ether oxygens (including phenoxy) is 2. The second kappa shape index (κ2) is 15.0. The molecule has 0 saturated carbocycles. The van der Waals surface area contributed by atoms with Gasteiger partial charge in [0.15, 0.2) is 0 Å². The van der Waals surface area contributed by atoms with Crippen LogP contribution >= 0.6 is 0 Å². The van der Waals surface area contributed by atoms with Crippen LogP contribution in [-0.2, 0) is 14.3 Å². The molecule has 0 fully saturated rings. The molecule has 7 heteroatoms. The molecule has 0 aromatic heterocycles. The molecule has 0 aliphatic rings. The van der Waals surface area contributed by atoms with E-state index in [1.807, 2.05) is 0 Å². The first-order valence-corrected chi connectivity index (χ1v) is 9.27. The van der Waals surface area contributed by atoms with Gasteiger partial charge in [0.25, 0.3) is 0 Å². The maximum absolute atomic E-state index is 9.10. The Morgan fingerprint density at radius 2 is 1.74 bits per heavy atom. The molecule has 27 heavy (non-hydrogen) atoms. The van der Waals surface area contributed by atoms with E-state index in [2.05, 4.69) is 51.2 Å². The number of hydrogen-bond acceptors (Lipinski definition) is 5. The van der Waals surface area contributed by atoms with E-state index in [0.29, 0.717) is 19.1 Å². The Balaban J connectivity index is 0.000000972. The molecule has 0 amide bonds. The van der Waals surface area contributed by atoms with Crippen LogP contribution in [0.2, 0.25) is 0 Å². The fraction of sp³-hybridized carbons (Fsp3) is 0.600. The van der Waals surface area contributed by atoms with E-state index in [4.69, 9.17) is 29.3 Å². The molecule has 0 radical (unpaired) electrons. The van der Waals surface area contributed by atoms with Crippen LogP contribution < -0.4 is 10.1 Å². The molecular weight excluding hydrogens is 350 g/mol. The van der Waals surface area contributed by atoms with E-state index in [-0.39, 0.29) is 0 Å². The van der Waals surface area contributed by atoms with Gasteiger partial charge in [-0.15, -0.1) is 0 Å². The average Bonchev–Trinajstić information content (AvgIpc) is 2.60. The Morgan fingerprint density at radius 3 is 2.26 bits per heavy atom. The van der Waals surface area contributed by atoms with Crippen molar-refractivity contribution in [2.45, 2.75) is 46.5 Å². The van der Waals surface area contributed by atoms with Crippen molar-refractivity contribution in [1.29, 1.82) is 0 Å². The maximum Gasteiger partial charge on any atom is 0.414 e. The SMILES string of the molecule is CCCCNCCOCCOc1ccc(C(C)C)c(C)c1.O=C(O)C(=O)O. The van der Waals surface area contributed by atoms with Crippen LogP contribution in [0.4, 0.5) is 0 Å². The monoisotopic (exact) mass is 383 g/mol. The molecule has 1 aromatic carbocycles. The first-order valence-electron chi connectivity index (χ1n) is 9.27. The zero-order chi connectivity index (χ0) is 20.7. The third-order valence-electron chi connectivity index (χ3n) is 3.67. The number of nitrogens with one attached hydrogen (secondary N) is 1. The minimum absolute atomic E-state index is 0.558. The molecule has 1 rings (SSSR count). The molecule has 7 nitrogen and oxygen atoms in total. The number of carbonyl (C=O) groups is 2. The standard InChI is InChI=1S/C18H31NO2.C2H2O4/c1-5-6-9-19-10-11-20-12-13-21-17-7-8-18(15(2)3)16(4)14-17;3-1(4)2(5)6/h7-8,14-15,19H,5-6,9-13H2,1-4H3;(H,3,4)(H,5,6). The number of benzene rings is 1. The number of aryl methyl sites for hydroxylation is 1. The second-order valence-electron chi connectivity index (χ2n) is 6.35. The molecule has 1 aromatic rings. The predicted molar refractivity (Wildman–Crippen MR) is 105 cm³/mol. The van der Waals surface area contributed by atoms with Gasteiger partial charge in [0.1, 0.15) is 12.4 Å². The molecule has 0 spiro atoms. The average molecular weight is 383 g/mol. The van der Waals surface area contributed by atoms with E-state index in [0.717, 1.165) is 25.4 Å². The van der Waals surface area contributed by atoms with Gasteiger partial charge in [-0.2, -0.15) is 0 Å². The molecule has 0 atom stereocenters. The van der Waals surface area contributed by atoms with Crippen LogP contribution in [0.5, 0.6) is 5.75 Å². The first-order chi connectivity index (χ1) is 12.8. The van der Waals surface area contributed by atoms with E-state index in [1.165, 1.54) is 24.0 Å². The number of unbranched alkanes of at least 4 members (excludes halogenated alkanes) is 1. The molecule has 3 N–H and O–H groups in total. The molecule has 0 saturated heterocycles. The lowest BCUT2D eigenvalue weighted by atomic mass is 9.98. The molecule has 0 unspecified atom stereocenters. The molecule has 0 aliphatic heterocycles. The van der Waals surface area contributed by atoms with Gasteiger partial charge in [0.2, 0.25) is 0 Å². The van der Waals surface area contributed by atoms with Crippen LogP contribution in [0.1, 0.15) is 50.7 Å². The van der Waals surface area contributed by atoms with Crippen molar-refractivity contribution in [2.75, 3.05) is 32.9 Å². The summed E-state index contributed by atoms with van der Waals surface area (Å²) in [7, 11) is 0. The van der Waals surface area contributed by atoms with Crippen molar-refractivity contribution >= 4 is 11.9 Å². The van der Waals surface area contributed by atoms with Crippen LogP contribution in [0.25, 0.3) is 0 Å². The zero-order valence-electron chi connectivity index (χ0n) is 16.8. The lowest BCUT2D eigenvalue weighted by molar-refractivity contribution is -0.159. The molecule has 0 bridgehead atoms. The fourth-order valence-electron chi connectivity index (χ4n) is 2.28. The summed E-state index contributed by atoms with van der Waals surface area (Å²) in [4.78, 5) is 18.2. The van der Waals surface area contributed by atoms with Crippen molar-refractivity contribution in [1.82, 2.24) is 5.32 Å². The highest BCUT2D eigenvalue weighted by Gasteiger charge is 2.05. The highest BCUT2D eigenvalue weighted by Crippen LogP contribution is 2.23. The summed E-state index contributed by atoms with van der Waals surface area (Å²) < 4.78 is 11.3. The van der Waals surface area contributed by atoms with E-state index >= 15 is 0 Å². The third kappa shape index (κ3) is 12.8. The maximum atomic E-state index is 9.10. The summed E-state index contributed by atoms with van der Waals surface area (Å²) in [5.74, 6) is -2.16. The molecular formula is C20H33NO6. The quantitative estimate of drug-likeness (QED) is 0.398. The fourth-order valence-corrected chi connectivity index (χ4v) is 2.28. The molecule has 0 aliphatic carbocycles. The van der Waals surface area contributed by atoms with Crippen molar-refractivity contribution in [2.24, 2.45) is 0 Å². The Hall–Kier alpha value is -2.12. The largest absolute Gasteiger partial charge is 0.491 e. The Bertz CT molecular complexity index is 547. The van der Waals surface area contributed by atoms with Crippen molar-refractivity contribution in [3.8, 4) is 5.75 Å². The topological polar surface area (TPSA) is 105 Å². The summed E-state index contributed by atoms with van der Waals surface area (Å²) in [6.45, 7) is 12.8. The highest BCUT2D eigenvalue weighted by molar-refractivity contribution is 6.27. The number of carboxylic acids is 2. The first kappa shape index (κ1) is 24.9. The minimum atomic E-state index is -1.82. The normalized spacial score (nSPS) is 10.3. The van der Waals surface area contributed by atoms with Gasteiger partial charge in [0.05, 0.1) is 13.2 Å². The Labute approximate surface area is 161 Å². The van der Waals surface area contributed by atoms with Crippen LogP contribution in [0, 0.1) is 6.92 Å². The van der Waals surface area contributed by atoms with Gasteiger partial charge >= 0.3 is 11.9 Å². The summed E-state index contributed by atoms with van der Waals surface area (Å²) in [6, 6.07) is 6.32. The number of rotatable bonds is 11. The van der Waals surface area contributed by atoms with Gasteiger partial charge in [-0.1, -0.05) is 33.3 Å². The van der Waals surface area contributed by atoms with Gasteiger partial charge in [-0.05, 0) is 49.1 Å². The molecule has 154 valence electrons. The van der Waals surface area contributed by atoms with Gasteiger partial charge in [-0.25, -0.2) is 9.59 Å². The van der Waals surface area contributed by atoms with Crippen molar-refractivity contribution in [3.63, 3.8) is 0 Å². The lowest BCUT2D eigenvalue weighted by Gasteiger charge is -2.12. The number of carboxylic acid groups (broad SMARTS) is 2. The number of aliphatic carboxylic acids is 2. The summed E-state index contributed by atoms with van der Waals surface area (Å²) in [6.07, 6.45) is 2.46. The highest BCUT2D eigenvalue weighted by atomic mass is 16.5. The van der Waals surface area contributed by atoms with E-state index < -0.39 is 11.9 Å².